The van der Waals surface area contributed by atoms with Gasteiger partial charge in [-0.25, -0.2) is 0 Å². The van der Waals surface area contributed by atoms with Crippen molar-refractivity contribution < 1.29 is 0 Å². The number of para-hydroxylation sites is 1. The molecule has 0 unspecified atom stereocenters. The Morgan fingerprint density at radius 2 is 1.65 bits per heavy atom. The monoisotopic (exact) mass is 256 g/mol. The zero-order chi connectivity index (χ0) is 13.7. The van der Waals surface area contributed by atoms with E-state index in [1.807, 2.05) is 30.3 Å². The molecule has 0 bridgehead atoms. The van der Waals surface area contributed by atoms with E-state index in [-0.39, 0.29) is 0 Å². The van der Waals surface area contributed by atoms with Gasteiger partial charge in [0.1, 0.15) is 0 Å². The highest BCUT2D eigenvalue weighted by molar-refractivity contribution is 6.19. The lowest BCUT2D eigenvalue weighted by Gasteiger charge is -2.04. The van der Waals surface area contributed by atoms with Crippen LogP contribution in [-0.4, -0.2) is 4.57 Å². The maximum atomic E-state index is 9.50. The number of fused-ring (bicyclic) bond motifs is 5. The zero-order valence-corrected chi connectivity index (χ0v) is 11.1. The summed E-state index contributed by atoms with van der Waals surface area (Å²) in [6.45, 7) is 0. The maximum Gasteiger partial charge on any atom is 0.0999 e. The van der Waals surface area contributed by atoms with E-state index in [1.54, 1.807) is 0 Å². The van der Waals surface area contributed by atoms with Gasteiger partial charge >= 0.3 is 0 Å². The summed E-state index contributed by atoms with van der Waals surface area (Å²) in [6.07, 6.45) is 0. The number of nitriles is 1. The Bertz CT molecular complexity index is 1020. The van der Waals surface area contributed by atoms with Crippen LogP contribution in [0.1, 0.15) is 5.56 Å². The van der Waals surface area contributed by atoms with Crippen molar-refractivity contribution in [3.8, 4) is 6.07 Å². The zero-order valence-electron chi connectivity index (χ0n) is 11.1. The summed E-state index contributed by atoms with van der Waals surface area (Å²) >= 11 is 0. The summed E-state index contributed by atoms with van der Waals surface area (Å²) in [7, 11) is 2.07. The standard InChI is InChI=1S/C18H12N2/c1-20-16-9-5-4-8-15(16)17-13(11-19)10-12-6-2-3-7-14(12)18(17)20/h2-10H,1H3. The minimum Gasteiger partial charge on any atom is -0.343 e. The summed E-state index contributed by atoms with van der Waals surface area (Å²) in [4.78, 5) is 0. The van der Waals surface area contributed by atoms with Crippen LogP contribution in [0.15, 0.2) is 54.6 Å². The lowest BCUT2D eigenvalue weighted by Crippen LogP contribution is -1.88. The van der Waals surface area contributed by atoms with Gasteiger partial charge in [0.05, 0.1) is 17.1 Å². The predicted molar refractivity (Wildman–Crippen MR) is 82.6 cm³/mol. The van der Waals surface area contributed by atoms with Crippen LogP contribution in [0.3, 0.4) is 0 Å². The second-order valence-corrected chi connectivity index (χ2v) is 5.06. The quantitative estimate of drug-likeness (QED) is 0.459. The highest BCUT2D eigenvalue weighted by atomic mass is 14.9. The molecule has 0 fully saturated rings. The van der Waals surface area contributed by atoms with Crippen LogP contribution < -0.4 is 0 Å². The number of aromatic nitrogens is 1. The van der Waals surface area contributed by atoms with Crippen molar-refractivity contribution in [1.82, 2.24) is 4.57 Å². The molecule has 0 aliphatic rings. The third-order valence-electron chi connectivity index (χ3n) is 4.01. The molecular weight excluding hydrogens is 244 g/mol. The van der Waals surface area contributed by atoms with Crippen molar-refractivity contribution in [2.75, 3.05) is 0 Å². The molecule has 0 aliphatic carbocycles. The Hall–Kier alpha value is -2.79. The van der Waals surface area contributed by atoms with Crippen LogP contribution in [0.25, 0.3) is 32.6 Å². The fourth-order valence-electron chi connectivity index (χ4n) is 3.14. The summed E-state index contributed by atoms with van der Waals surface area (Å²) in [6, 6.07) is 20.8. The van der Waals surface area contributed by atoms with Crippen LogP contribution in [0.5, 0.6) is 0 Å². The van der Waals surface area contributed by atoms with E-state index in [2.05, 4.69) is 41.9 Å². The van der Waals surface area contributed by atoms with Crippen molar-refractivity contribution in [3.05, 3.63) is 60.2 Å². The first-order valence-electron chi connectivity index (χ1n) is 6.60. The average Bonchev–Trinajstić information content (AvgIpc) is 2.81. The van der Waals surface area contributed by atoms with Crippen LogP contribution in [0.2, 0.25) is 0 Å². The molecule has 20 heavy (non-hydrogen) atoms. The Morgan fingerprint density at radius 3 is 2.45 bits per heavy atom. The first-order valence-corrected chi connectivity index (χ1v) is 6.60. The summed E-state index contributed by atoms with van der Waals surface area (Å²) in [5, 5.41) is 14.0. The SMILES string of the molecule is Cn1c2ccccc2c2c(C#N)cc3ccccc3c21. The Kier molecular flexibility index (Phi) is 2.13. The molecule has 94 valence electrons. The van der Waals surface area contributed by atoms with Crippen molar-refractivity contribution in [3.63, 3.8) is 0 Å². The normalized spacial score (nSPS) is 11.2. The summed E-state index contributed by atoms with van der Waals surface area (Å²) < 4.78 is 2.19. The van der Waals surface area contributed by atoms with Crippen molar-refractivity contribution >= 4 is 32.6 Å². The molecular formula is C18H12N2. The molecule has 2 nitrogen and oxygen atoms in total. The fraction of sp³-hybridized carbons (Fsp3) is 0.0556. The molecule has 1 aromatic heterocycles. The van der Waals surface area contributed by atoms with Crippen LogP contribution in [0.4, 0.5) is 0 Å². The Morgan fingerprint density at radius 1 is 0.950 bits per heavy atom. The van der Waals surface area contributed by atoms with Gasteiger partial charge in [-0.3, -0.25) is 0 Å². The molecule has 4 aromatic rings. The van der Waals surface area contributed by atoms with Crippen molar-refractivity contribution in [2.24, 2.45) is 7.05 Å². The number of nitrogens with zero attached hydrogens (tertiary/aromatic N) is 2. The molecule has 0 amide bonds. The maximum absolute atomic E-state index is 9.50. The van der Waals surface area contributed by atoms with Crippen LogP contribution >= 0.6 is 0 Å². The van der Waals surface area contributed by atoms with E-state index in [4.69, 9.17) is 0 Å². The molecule has 0 spiro atoms. The lowest BCUT2D eigenvalue weighted by molar-refractivity contribution is 1.02. The van der Waals surface area contributed by atoms with Gasteiger partial charge in [-0.05, 0) is 17.5 Å². The molecule has 1 heterocycles. The van der Waals surface area contributed by atoms with Gasteiger partial charge in [0.25, 0.3) is 0 Å². The minimum absolute atomic E-state index is 0.746. The molecule has 0 saturated carbocycles. The number of benzene rings is 3. The lowest BCUT2D eigenvalue weighted by atomic mass is 10.0. The van der Waals surface area contributed by atoms with E-state index in [0.717, 1.165) is 32.8 Å². The van der Waals surface area contributed by atoms with E-state index < -0.39 is 0 Å². The average molecular weight is 256 g/mol. The molecule has 2 heteroatoms. The molecule has 4 rings (SSSR count). The van der Waals surface area contributed by atoms with Gasteiger partial charge in [-0.15, -0.1) is 0 Å². The van der Waals surface area contributed by atoms with Gasteiger partial charge in [-0.1, -0.05) is 42.5 Å². The topological polar surface area (TPSA) is 28.7 Å². The minimum atomic E-state index is 0.746. The fourth-order valence-corrected chi connectivity index (χ4v) is 3.14. The molecule has 0 atom stereocenters. The molecule has 0 saturated heterocycles. The summed E-state index contributed by atoms with van der Waals surface area (Å²) in [5.41, 5.74) is 3.05. The van der Waals surface area contributed by atoms with Gasteiger partial charge in [0, 0.05) is 28.7 Å². The highest BCUT2D eigenvalue weighted by Crippen LogP contribution is 2.35. The first-order chi connectivity index (χ1) is 9.81. The molecule has 3 aromatic carbocycles. The number of hydrogen-bond donors (Lipinski definition) is 0. The number of aryl methyl sites for hydroxylation is 1. The summed E-state index contributed by atoms with van der Waals surface area (Å²) in [5.74, 6) is 0. The van der Waals surface area contributed by atoms with E-state index in [1.165, 1.54) is 5.39 Å². The Balaban J connectivity index is 2.44. The van der Waals surface area contributed by atoms with Gasteiger partial charge < -0.3 is 4.57 Å². The van der Waals surface area contributed by atoms with Gasteiger partial charge in [-0.2, -0.15) is 5.26 Å². The molecule has 0 N–H and O–H groups in total. The third kappa shape index (κ3) is 1.27. The predicted octanol–water partition coefficient (Wildman–Crippen LogP) is 4.36. The molecule has 0 radical (unpaired) electrons. The van der Waals surface area contributed by atoms with Crippen molar-refractivity contribution in [1.29, 1.82) is 5.26 Å². The van der Waals surface area contributed by atoms with Crippen molar-refractivity contribution in [2.45, 2.75) is 0 Å². The highest BCUT2D eigenvalue weighted by Gasteiger charge is 2.14. The Labute approximate surface area is 116 Å². The number of rotatable bonds is 0. The van der Waals surface area contributed by atoms with E-state index in [9.17, 15) is 5.26 Å². The number of hydrogen-bond acceptors (Lipinski definition) is 1. The second kappa shape index (κ2) is 3.85. The van der Waals surface area contributed by atoms with E-state index >= 15 is 0 Å². The largest absolute Gasteiger partial charge is 0.343 e. The van der Waals surface area contributed by atoms with Gasteiger partial charge in [0.15, 0.2) is 0 Å². The smallest absolute Gasteiger partial charge is 0.0999 e. The second-order valence-electron chi connectivity index (χ2n) is 5.06. The van der Waals surface area contributed by atoms with Crippen LogP contribution in [0, 0.1) is 11.3 Å². The van der Waals surface area contributed by atoms with Crippen LogP contribution in [-0.2, 0) is 7.05 Å². The van der Waals surface area contributed by atoms with Gasteiger partial charge in [0.2, 0.25) is 0 Å². The third-order valence-corrected chi connectivity index (χ3v) is 4.01. The first kappa shape index (κ1) is 11.1. The molecule has 0 aliphatic heterocycles. The van der Waals surface area contributed by atoms with E-state index in [0.29, 0.717) is 0 Å².